The summed E-state index contributed by atoms with van der Waals surface area (Å²) in [6, 6.07) is 8.38. The van der Waals surface area contributed by atoms with Gasteiger partial charge >= 0.3 is 7.48 Å². The standard InChI is InChI=1S/C14H23BO2P/c1-13(2,16)14(3,4)17-15-11-7-9-12(10-8-11)18(5)6/h7-10,16H,1-6H3. The molecular weight excluding hydrogens is 242 g/mol. The summed E-state index contributed by atoms with van der Waals surface area (Å²) in [4.78, 5) is 0. The van der Waals surface area contributed by atoms with Gasteiger partial charge in [-0.05, 0) is 46.3 Å². The Morgan fingerprint density at radius 2 is 1.56 bits per heavy atom. The Hall–Kier alpha value is -0.365. The molecular formula is C14H23BO2P. The summed E-state index contributed by atoms with van der Waals surface area (Å²) in [6.45, 7) is 11.8. The fourth-order valence-electron chi connectivity index (χ4n) is 1.21. The lowest BCUT2D eigenvalue weighted by Crippen LogP contribution is -2.49. The molecule has 1 N–H and O–H groups in total. The molecule has 0 aliphatic carbocycles. The zero-order valence-corrected chi connectivity index (χ0v) is 13.1. The lowest BCUT2D eigenvalue weighted by Gasteiger charge is -2.37. The Bertz CT molecular complexity index is 380. The maximum atomic E-state index is 10.00. The van der Waals surface area contributed by atoms with E-state index in [0.717, 1.165) is 5.46 Å². The minimum Gasteiger partial charge on any atom is -0.427 e. The van der Waals surface area contributed by atoms with E-state index in [0.29, 0.717) is 0 Å². The van der Waals surface area contributed by atoms with Crippen molar-refractivity contribution in [2.75, 3.05) is 13.3 Å². The first-order chi connectivity index (χ1) is 8.13. The van der Waals surface area contributed by atoms with Crippen LogP contribution in [0.15, 0.2) is 24.3 Å². The summed E-state index contributed by atoms with van der Waals surface area (Å²) in [5, 5.41) is 11.4. The van der Waals surface area contributed by atoms with Crippen LogP contribution in [-0.4, -0.2) is 37.1 Å². The number of aliphatic hydroxyl groups is 1. The molecule has 0 spiro atoms. The molecule has 0 unspecified atom stereocenters. The van der Waals surface area contributed by atoms with Gasteiger partial charge in [-0.25, -0.2) is 0 Å². The van der Waals surface area contributed by atoms with Crippen molar-refractivity contribution >= 4 is 26.2 Å². The summed E-state index contributed by atoms with van der Waals surface area (Å²) in [5.41, 5.74) is -0.480. The van der Waals surface area contributed by atoms with E-state index in [-0.39, 0.29) is 7.92 Å². The molecule has 0 saturated heterocycles. The van der Waals surface area contributed by atoms with Gasteiger partial charge in [-0.1, -0.05) is 37.6 Å². The molecule has 0 aliphatic rings. The Kier molecular flexibility index (Phi) is 5.00. The van der Waals surface area contributed by atoms with Crippen molar-refractivity contribution in [1.82, 2.24) is 0 Å². The molecule has 0 saturated carbocycles. The average Bonchev–Trinajstić information content (AvgIpc) is 2.25. The summed E-state index contributed by atoms with van der Waals surface area (Å²) >= 11 is 0. The Labute approximate surface area is 113 Å². The lowest BCUT2D eigenvalue weighted by atomic mass is 9.83. The van der Waals surface area contributed by atoms with Gasteiger partial charge in [-0.15, -0.1) is 0 Å². The lowest BCUT2D eigenvalue weighted by molar-refractivity contribution is -0.0893. The van der Waals surface area contributed by atoms with E-state index in [1.807, 2.05) is 13.8 Å². The molecule has 0 atom stereocenters. The van der Waals surface area contributed by atoms with Crippen molar-refractivity contribution in [1.29, 1.82) is 0 Å². The molecule has 1 aromatic carbocycles. The van der Waals surface area contributed by atoms with Crippen LogP contribution in [0.4, 0.5) is 0 Å². The molecule has 1 aromatic rings. The summed E-state index contributed by atoms with van der Waals surface area (Å²) in [7, 11) is 1.66. The highest BCUT2D eigenvalue weighted by Gasteiger charge is 2.35. The van der Waals surface area contributed by atoms with Crippen molar-refractivity contribution in [3.05, 3.63) is 24.3 Å². The van der Waals surface area contributed by atoms with Crippen LogP contribution in [0.2, 0.25) is 0 Å². The summed E-state index contributed by atoms with van der Waals surface area (Å²) in [6.07, 6.45) is 0. The van der Waals surface area contributed by atoms with Crippen molar-refractivity contribution in [2.24, 2.45) is 0 Å². The Balaban J connectivity index is 2.64. The van der Waals surface area contributed by atoms with E-state index in [9.17, 15) is 5.11 Å². The molecule has 4 heteroatoms. The molecule has 99 valence electrons. The van der Waals surface area contributed by atoms with Crippen LogP contribution >= 0.6 is 7.92 Å². The van der Waals surface area contributed by atoms with Gasteiger partial charge in [-0.3, -0.25) is 0 Å². The fourth-order valence-corrected chi connectivity index (χ4v) is 1.96. The molecule has 0 bridgehead atoms. The van der Waals surface area contributed by atoms with Crippen LogP contribution < -0.4 is 10.8 Å². The molecule has 0 fully saturated rings. The number of rotatable bonds is 5. The van der Waals surface area contributed by atoms with Crippen LogP contribution in [0.1, 0.15) is 27.7 Å². The summed E-state index contributed by atoms with van der Waals surface area (Å²) in [5.74, 6) is 0. The highest BCUT2D eigenvalue weighted by atomic mass is 31.1. The zero-order chi connectivity index (χ0) is 14.0. The quantitative estimate of drug-likeness (QED) is 0.650. The first-order valence-electron chi connectivity index (χ1n) is 6.14. The third-order valence-electron chi connectivity index (χ3n) is 3.37. The van der Waals surface area contributed by atoms with Crippen molar-refractivity contribution in [3.8, 4) is 0 Å². The van der Waals surface area contributed by atoms with E-state index in [1.165, 1.54) is 5.30 Å². The second-order valence-corrected chi connectivity index (χ2v) is 8.10. The first kappa shape index (κ1) is 15.7. The predicted molar refractivity (Wildman–Crippen MR) is 81.7 cm³/mol. The van der Waals surface area contributed by atoms with Crippen molar-refractivity contribution < 1.29 is 9.76 Å². The van der Waals surface area contributed by atoms with E-state index in [1.54, 1.807) is 21.3 Å². The monoisotopic (exact) mass is 265 g/mol. The second kappa shape index (κ2) is 5.73. The Morgan fingerprint density at radius 1 is 1.06 bits per heavy atom. The fraction of sp³-hybridized carbons (Fsp3) is 0.571. The molecule has 1 rings (SSSR count). The third-order valence-corrected chi connectivity index (χ3v) is 4.70. The maximum Gasteiger partial charge on any atom is 0.330 e. The van der Waals surface area contributed by atoms with E-state index < -0.39 is 11.2 Å². The van der Waals surface area contributed by atoms with Gasteiger partial charge in [0.25, 0.3) is 0 Å². The van der Waals surface area contributed by atoms with Crippen LogP contribution in [0, 0.1) is 0 Å². The van der Waals surface area contributed by atoms with Gasteiger partial charge in [0.15, 0.2) is 0 Å². The highest BCUT2D eigenvalue weighted by Crippen LogP contribution is 2.24. The third kappa shape index (κ3) is 4.08. The van der Waals surface area contributed by atoms with Gasteiger partial charge in [-0.2, -0.15) is 0 Å². The molecule has 0 aromatic heterocycles. The number of hydrogen-bond acceptors (Lipinski definition) is 2. The molecule has 2 nitrogen and oxygen atoms in total. The van der Waals surface area contributed by atoms with Crippen LogP contribution in [0.25, 0.3) is 0 Å². The minimum atomic E-state index is -0.884. The van der Waals surface area contributed by atoms with Gasteiger partial charge in [0.1, 0.15) is 0 Å². The average molecular weight is 265 g/mol. The van der Waals surface area contributed by atoms with Crippen LogP contribution in [0.5, 0.6) is 0 Å². The predicted octanol–water partition coefficient (Wildman–Crippen LogP) is 1.86. The summed E-state index contributed by atoms with van der Waals surface area (Å²) < 4.78 is 5.71. The van der Waals surface area contributed by atoms with E-state index >= 15 is 0 Å². The molecule has 18 heavy (non-hydrogen) atoms. The molecule has 0 aliphatic heterocycles. The van der Waals surface area contributed by atoms with Gasteiger partial charge in [0.05, 0.1) is 11.2 Å². The first-order valence-corrected chi connectivity index (χ1v) is 8.38. The topological polar surface area (TPSA) is 29.5 Å². The highest BCUT2D eigenvalue weighted by molar-refractivity contribution is 7.64. The minimum absolute atomic E-state index is 0.0530. The zero-order valence-electron chi connectivity index (χ0n) is 12.2. The normalized spacial score (nSPS) is 12.9. The number of hydrogen-bond donors (Lipinski definition) is 1. The number of benzene rings is 1. The van der Waals surface area contributed by atoms with E-state index in [2.05, 4.69) is 37.6 Å². The van der Waals surface area contributed by atoms with Gasteiger partial charge in [0.2, 0.25) is 0 Å². The van der Waals surface area contributed by atoms with Gasteiger partial charge < -0.3 is 9.76 Å². The largest absolute Gasteiger partial charge is 0.427 e. The van der Waals surface area contributed by atoms with Gasteiger partial charge in [0, 0.05) is 0 Å². The smallest absolute Gasteiger partial charge is 0.330 e. The maximum absolute atomic E-state index is 10.00. The van der Waals surface area contributed by atoms with Crippen LogP contribution in [-0.2, 0) is 4.65 Å². The molecule has 0 heterocycles. The second-order valence-electron chi connectivity index (χ2n) is 5.79. The Morgan fingerprint density at radius 3 is 1.94 bits per heavy atom. The van der Waals surface area contributed by atoms with Crippen LogP contribution in [0.3, 0.4) is 0 Å². The van der Waals surface area contributed by atoms with Crippen molar-refractivity contribution in [3.63, 3.8) is 0 Å². The van der Waals surface area contributed by atoms with E-state index in [4.69, 9.17) is 4.65 Å². The molecule has 1 radical (unpaired) electrons. The molecule has 0 amide bonds. The van der Waals surface area contributed by atoms with Crippen molar-refractivity contribution in [2.45, 2.75) is 38.9 Å². The SMILES string of the molecule is CP(C)c1ccc([B]OC(C)(C)C(C)(C)O)cc1.